The summed E-state index contributed by atoms with van der Waals surface area (Å²) in [5.74, 6) is 0.302. The number of nitrogens with one attached hydrogen (secondary N) is 2. The number of aromatic amines is 1. The van der Waals surface area contributed by atoms with Gasteiger partial charge in [-0.05, 0) is 37.3 Å². The summed E-state index contributed by atoms with van der Waals surface area (Å²) in [6, 6.07) is 13.8. The van der Waals surface area contributed by atoms with Crippen LogP contribution >= 0.6 is 11.6 Å². The highest BCUT2D eigenvalue weighted by molar-refractivity contribution is 6.35. The van der Waals surface area contributed by atoms with Gasteiger partial charge in [-0.15, -0.1) is 0 Å². The fraction of sp³-hybridized carbons (Fsp3) is 0.0909. The topological polar surface area (TPSA) is 79.4 Å². The molecule has 5 aromatic rings. The molecule has 0 radical (unpaired) electrons. The molecule has 30 heavy (non-hydrogen) atoms. The second-order valence-corrected chi connectivity index (χ2v) is 7.34. The van der Waals surface area contributed by atoms with E-state index in [9.17, 15) is 4.39 Å². The van der Waals surface area contributed by atoms with Crippen LogP contribution in [0, 0.1) is 5.82 Å². The molecule has 148 valence electrons. The Kier molecular flexibility index (Phi) is 4.52. The molecule has 0 saturated heterocycles. The van der Waals surface area contributed by atoms with Crippen molar-refractivity contribution in [3.63, 3.8) is 0 Å². The molecule has 8 heteroatoms. The number of rotatable bonds is 4. The lowest BCUT2D eigenvalue weighted by Gasteiger charge is -2.19. The van der Waals surface area contributed by atoms with Gasteiger partial charge in [-0.25, -0.2) is 24.3 Å². The average molecular weight is 419 g/mol. The van der Waals surface area contributed by atoms with Crippen molar-refractivity contribution in [1.29, 1.82) is 0 Å². The van der Waals surface area contributed by atoms with E-state index in [1.165, 1.54) is 18.5 Å². The van der Waals surface area contributed by atoms with Gasteiger partial charge in [-0.1, -0.05) is 29.8 Å². The van der Waals surface area contributed by atoms with Gasteiger partial charge in [0.2, 0.25) is 0 Å². The van der Waals surface area contributed by atoms with Crippen molar-refractivity contribution < 1.29 is 4.39 Å². The molecule has 5 rings (SSSR count). The smallest absolute Gasteiger partial charge is 0.182 e. The number of fused-ring (bicyclic) bond motifs is 2. The lowest BCUT2D eigenvalue weighted by Crippen LogP contribution is -2.11. The number of halogens is 2. The molecule has 1 unspecified atom stereocenters. The van der Waals surface area contributed by atoms with Crippen LogP contribution < -0.4 is 5.32 Å². The van der Waals surface area contributed by atoms with Crippen LogP contribution in [0.2, 0.25) is 5.02 Å². The highest BCUT2D eigenvalue weighted by Crippen LogP contribution is 2.34. The highest BCUT2D eigenvalue weighted by atomic mass is 35.5. The lowest BCUT2D eigenvalue weighted by atomic mass is 9.98. The van der Waals surface area contributed by atoms with Crippen LogP contribution in [0.15, 0.2) is 61.2 Å². The summed E-state index contributed by atoms with van der Waals surface area (Å²) in [5.41, 5.74) is 4.27. The van der Waals surface area contributed by atoms with Crippen LogP contribution in [0.5, 0.6) is 0 Å². The SMILES string of the molecule is CC(Nc1ncnc2nc[nH]c12)c1cc2c(Cl)cccc2nc1-c1cccc(F)c1. The van der Waals surface area contributed by atoms with Gasteiger partial charge in [0.15, 0.2) is 11.5 Å². The van der Waals surface area contributed by atoms with Crippen LogP contribution in [-0.2, 0) is 0 Å². The second kappa shape index (κ2) is 7.35. The second-order valence-electron chi connectivity index (χ2n) is 6.93. The third-order valence-electron chi connectivity index (χ3n) is 4.98. The van der Waals surface area contributed by atoms with Gasteiger partial charge in [-0.2, -0.15) is 0 Å². The predicted molar refractivity (Wildman–Crippen MR) is 116 cm³/mol. The molecule has 0 aliphatic heterocycles. The number of hydrogen-bond donors (Lipinski definition) is 2. The number of imidazole rings is 1. The number of aromatic nitrogens is 5. The van der Waals surface area contributed by atoms with E-state index in [1.807, 2.05) is 37.3 Å². The molecular weight excluding hydrogens is 403 g/mol. The summed E-state index contributed by atoms with van der Waals surface area (Å²) in [7, 11) is 0. The first-order chi connectivity index (χ1) is 14.6. The van der Waals surface area contributed by atoms with Gasteiger partial charge in [0.1, 0.15) is 17.7 Å². The van der Waals surface area contributed by atoms with Crippen LogP contribution in [-0.4, -0.2) is 24.9 Å². The Bertz CT molecular complexity index is 1380. The lowest BCUT2D eigenvalue weighted by molar-refractivity contribution is 0.628. The number of nitrogens with zero attached hydrogens (tertiary/aromatic N) is 4. The quantitative estimate of drug-likeness (QED) is 0.401. The zero-order valence-corrected chi connectivity index (χ0v) is 16.7. The highest BCUT2D eigenvalue weighted by Gasteiger charge is 2.18. The van der Waals surface area contributed by atoms with Crippen molar-refractivity contribution in [2.24, 2.45) is 0 Å². The molecule has 0 amide bonds. The summed E-state index contributed by atoms with van der Waals surface area (Å²) in [6.45, 7) is 1.99. The molecule has 0 aliphatic rings. The molecule has 2 aromatic carbocycles. The van der Waals surface area contributed by atoms with Crippen molar-refractivity contribution in [3.8, 4) is 11.3 Å². The maximum atomic E-state index is 14.0. The number of pyridine rings is 1. The zero-order valence-electron chi connectivity index (χ0n) is 15.9. The summed E-state index contributed by atoms with van der Waals surface area (Å²) in [6.07, 6.45) is 3.03. The Morgan fingerprint density at radius 3 is 2.80 bits per heavy atom. The van der Waals surface area contributed by atoms with Crippen LogP contribution in [0.4, 0.5) is 10.2 Å². The molecule has 6 nitrogen and oxygen atoms in total. The maximum absolute atomic E-state index is 14.0. The molecule has 3 heterocycles. The molecule has 1 atom stereocenters. The van der Waals surface area contributed by atoms with E-state index in [4.69, 9.17) is 16.6 Å². The van der Waals surface area contributed by atoms with E-state index in [2.05, 4.69) is 25.3 Å². The van der Waals surface area contributed by atoms with Crippen molar-refractivity contribution >= 4 is 39.5 Å². The van der Waals surface area contributed by atoms with Crippen molar-refractivity contribution in [2.45, 2.75) is 13.0 Å². The number of H-pyrrole nitrogens is 1. The molecule has 0 aliphatic carbocycles. The standard InChI is InChI=1S/C22H16ClFN6/c1-12(29-22-20-21(26-10-25-20)27-11-28-22)15-9-16-17(23)6-3-7-18(16)30-19(15)13-4-2-5-14(24)8-13/h2-12H,1H3,(H2,25,26,27,28,29). The van der Waals surface area contributed by atoms with E-state index in [0.29, 0.717) is 33.3 Å². The minimum Gasteiger partial charge on any atom is -0.362 e. The van der Waals surface area contributed by atoms with Crippen LogP contribution in [0.1, 0.15) is 18.5 Å². The average Bonchev–Trinajstić information content (AvgIpc) is 3.23. The minimum absolute atomic E-state index is 0.210. The molecule has 0 bridgehead atoms. The Morgan fingerprint density at radius 1 is 1.07 bits per heavy atom. The molecule has 2 N–H and O–H groups in total. The molecule has 0 saturated carbocycles. The maximum Gasteiger partial charge on any atom is 0.182 e. The molecule has 0 fully saturated rings. The summed E-state index contributed by atoms with van der Waals surface area (Å²) < 4.78 is 14.0. The van der Waals surface area contributed by atoms with E-state index < -0.39 is 0 Å². The van der Waals surface area contributed by atoms with Crippen molar-refractivity contribution in [2.75, 3.05) is 5.32 Å². The van der Waals surface area contributed by atoms with E-state index in [-0.39, 0.29) is 11.9 Å². The van der Waals surface area contributed by atoms with Gasteiger partial charge in [-0.3, -0.25) is 0 Å². The third kappa shape index (κ3) is 3.23. The Labute approximate surface area is 176 Å². The van der Waals surface area contributed by atoms with Crippen LogP contribution in [0.25, 0.3) is 33.3 Å². The normalized spacial score (nSPS) is 12.4. The van der Waals surface area contributed by atoms with Crippen LogP contribution in [0.3, 0.4) is 0 Å². The monoisotopic (exact) mass is 418 g/mol. The van der Waals surface area contributed by atoms with Crippen molar-refractivity contribution in [3.05, 3.63) is 77.6 Å². The number of hydrogen-bond acceptors (Lipinski definition) is 5. The van der Waals surface area contributed by atoms with Crippen molar-refractivity contribution in [1.82, 2.24) is 24.9 Å². The zero-order chi connectivity index (χ0) is 20.7. The summed E-state index contributed by atoms with van der Waals surface area (Å²) >= 11 is 6.43. The van der Waals surface area contributed by atoms with Gasteiger partial charge in [0.25, 0.3) is 0 Å². The van der Waals surface area contributed by atoms with Gasteiger partial charge in [0, 0.05) is 21.5 Å². The van der Waals surface area contributed by atoms with E-state index in [1.54, 1.807) is 12.4 Å². The van der Waals surface area contributed by atoms with Gasteiger partial charge >= 0.3 is 0 Å². The van der Waals surface area contributed by atoms with E-state index >= 15 is 0 Å². The third-order valence-corrected chi connectivity index (χ3v) is 5.31. The Morgan fingerprint density at radius 2 is 1.93 bits per heavy atom. The molecule has 3 aromatic heterocycles. The first-order valence-electron chi connectivity index (χ1n) is 9.36. The van der Waals surface area contributed by atoms with Gasteiger partial charge in [0.05, 0.1) is 23.6 Å². The number of anilines is 1. The molecular formula is C22H16ClFN6. The first kappa shape index (κ1) is 18.4. The largest absolute Gasteiger partial charge is 0.362 e. The fourth-order valence-corrected chi connectivity index (χ4v) is 3.75. The fourth-order valence-electron chi connectivity index (χ4n) is 3.53. The summed E-state index contributed by atoms with van der Waals surface area (Å²) in [4.78, 5) is 20.5. The summed E-state index contributed by atoms with van der Waals surface area (Å²) in [5, 5.41) is 4.84. The Hall–Kier alpha value is -3.58. The van der Waals surface area contributed by atoms with E-state index in [0.717, 1.165) is 16.5 Å². The Balaban J connectivity index is 1.67. The first-order valence-corrected chi connectivity index (χ1v) is 9.73. The minimum atomic E-state index is -0.318. The molecule has 0 spiro atoms. The number of benzene rings is 2. The predicted octanol–water partition coefficient (Wildman–Crippen LogP) is 5.53. The van der Waals surface area contributed by atoms with Gasteiger partial charge < -0.3 is 10.3 Å².